The fourth-order valence-corrected chi connectivity index (χ4v) is 4.60. The zero-order valence-electron chi connectivity index (χ0n) is 17.8. The number of nitrogens with zero attached hydrogens (tertiary/aromatic N) is 2. The van der Waals surface area contributed by atoms with Gasteiger partial charge in [-0.1, -0.05) is 30.3 Å². The van der Waals surface area contributed by atoms with Crippen LogP contribution < -0.4 is 9.47 Å². The third-order valence-corrected chi connectivity index (χ3v) is 6.09. The zero-order chi connectivity index (χ0) is 20.9. The Morgan fingerprint density at radius 1 is 1.03 bits per heavy atom. The zero-order valence-corrected chi connectivity index (χ0v) is 17.8. The molecule has 0 spiro atoms. The van der Waals surface area contributed by atoms with Crippen LogP contribution in [-0.4, -0.2) is 62.8 Å². The van der Waals surface area contributed by atoms with Crippen LogP contribution in [0.25, 0.3) is 0 Å². The Kier molecular flexibility index (Phi) is 6.55. The van der Waals surface area contributed by atoms with E-state index in [0.29, 0.717) is 26.3 Å². The molecule has 2 aromatic rings. The molecule has 2 aromatic carbocycles. The standard InChI is InChI=1S/C24H30N2O4/c1-28-19-10-11-22(29-2)20(17-19)21-9-6-12-26(21)23(18-7-4-3-5-8-18)24(27)25-13-15-30-16-14-25/h3-5,7-8,10-11,17,21,23H,6,9,12-16H2,1-2H3. The van der Waals surface area contributed by atoms with Crippen molar-refractivity contribution < 1.29 is 19.0 Å². The molecule has 30 heavy (non-hydrogen) atoms. The summed E-state index contributed by atoms with van der Waals surface area (Å²) in [5, 5.41) is 0. The highest BCUT2D eigenvalue weighted by Gasteiger charge is 2.39. The van der Waals surface area contributed by atoms with Crippen LogP contribution in [0.1, 0.15) is 36.1 Å². The summed E-state index contributed by atoms with van der Waals surface area (Å²) in [7, 11) is 3.37. The molecule has 2 aliphatic heterocycles. The molecule has 0 saturated carbocycles. The Morgan fingerprint density at radius 3 is 2.50 bits per heavy atom. The summed E-state index contributed by atoms with van der Waals surface area (Å²) in [6.07, 6.45) is 2.01. The maximum absolute atomic E-state index is 13.7. The second-order valence-corrected chi connectivity index (χ2v) is 7.75. The Bertz CT molecular complexity index is 852. The van der Waals surface area contributed by atoms with E-state index < -0.39 is 0 Å². The van der Waals surface area contributed by atoms with Crippen molar-refractivity contribution in [2.24, 2.45) is 0 Å². The lowest BCUT2D eigenvalue weighted by Gasteiger charge is -2.37. The van der Waals surface area contributed by atoms with Gasteiger partial charge in [-0.25, -0.2) is 0 Å². The molecule has 6 heteroatoms. The molecular formula is C24H30N2O4. The number of hydrogen-bond acceptors (Lipinski definition) is 5. The Hall–Kier alpha value is -2.57. The van der Waals surface area contributed by atoms with Gasteiger partial charge >= 0.3 is 0 Å². The van der Waals surface area contributed by atoms with Crippen LogP contribution in [-0.2, 0) is 9.53 Å². The molecule has 1 amide bonds. The van der Waals surface area contributed by atoms with E-state index in [9.17, 15) is 4.79 Å². The van der Waals surface area contributed by atoms with Gasteiger partial charge in [0.1, 0.15) is 17.5 Å². The number of rotatable bonds is 6. The molecule has 0 N–H and O–H groups in total. The highest BCUT2D eigenvalue weighted by atomic mass is 16.5. The molecule has 2 saturated heterocycles. The fraction of sp³-hybridized carbons (Fsp3) is 0.458. The Balaban J connectivity index is 1.72. The van der Waals surface area contributed by atoms with Crippen molar-refractivity contribution in [3.05, 3.63) is 59.7 Å². The number of hydrogen-bond donors (Lipinski definition) is 0. The predicted molar refractivity (Wildman–Crippen MR) is 115 cm³/mol. The van der Waals surface area contributed by atoms with Crippen LogP contribution in [0.3, 0.4) is 0 Å². The number of morpholine rings is 1. The number of likely N-dealkylation sites (tertiary alicyclic amines) is 1. The number of carbonyl (C=O) groups is 1. The predicted octanol–water partition coefficient (Wildman–Crippen LogP) is 3.44. The second kappa shape index (κ2) is 9.49. The molecule has 2 unspecified atom stereocenters. The van der Waals surface area contributed by atoms with Crippen molar-refractivity contribution in [2.45, 2.75) is 24.9 Å². The number of ether oxygens (including phenoxy) is 3. The molecule has 0 aliphatic carbocycles. The van der Waals surface area contributed by atoms with E-state index in [1.54, 1.807) is 14.2 Å². The molecule has 0 radical (unpaired) electrons. The summed E-state index contributed by atoms with van der Waals surface area (Å²) in [6, 6.07) is 15.8. The minimum Gasteiger partial charge on any atom is -0.497 e. The Labute approximate surface area is 178 Å². The van der Waals surface area contributed by atoms with E-state index in [2.05, 4.69) is 17.0 Å². The largest absolute Gasteiger partial charge is 0.497 e. The van der Waals surface area contributed by atoms with Crippen LogP contribution in [0.4, 0.5) is 0 Å². The van der Waals surface area contributed by atoms with E-state index in [1.165, 1.54) is 0 Å². The van der Waals surface area contributed by atoms with Crippen molar-refractivity contribution in [2.75, 3.05) is 47.1 Å². The molecule has 4 rings (SSSR count). The van der Waals surface area contributed by atoms with Gasteiger partial charge in [0.2, 0.25) is 5.91 Å². The van der Waals surface area contributed by atoms with Gasteiger partial charge in [0.15, 0.2) is 0 Å². The van der Waals surface area contributed by atoms with Crippen LogP contribution in [0.5, 0.6) is 11.5 Å². The summed E-state index contributed by atoms with van der Waals surface area (Å²) in [5.74, 6) is 1.78. The quantitative estimate of drug-likeness (QED) is 0.730. The topological polar surface area (TPSA) is 51.2 Å². The van der Waals surface area contributed by atoms with E-state index >= 15 is 0 Å². The first-order valence-electron chi connectivity index (χ1n) is 10.6. The second-order valence-electron chi connectivity index (χ2n) is 7.75. The average Bonchev–Trinajstić information content (AvgIpc) is 3.29. The molecule has 160 valence electrons. The third kappa shape index (κ3) is 4.16. The minimum atomic E-state index is -0.326. The summed E-state index contributed by atoms with van der Waals surface area (Å²) in [6.45, 7) is 3.34. The van der Waals surface area contributed by atoms with Gasteiger partial charge in [-0.05, 0) is 43.1 Å². The molecular weight excluding hydrogens is 380 g/mol. The minimum absolute atomic E-state index is 0.0882. The molecule has 2 aliphatic rings. The van der Waals surface area contributed by atoms with Crippen LogP contribution in [0.15, 0.2) is 48.5 Å². The van der Waals surface area contributed by atoms with Crippen molar-refractivity contribution in [1.82, 2.24) is 9.80 Å². The summed E-state index contributed by atoms with van der Waals surface area (Å²) >= 11 is 0. The lowest BCUT2D eigenvalue weighted by molar-refractivity contribution is -0.142. The number of amides is 1. The van der Waals surface area contributed by atoms with Crippen molar-refractivity contribution in [3.63, 3.8) is 0 Å². The third-order valence-electron chi connectivity index (χ3n) is 6.09. The molecule has 2 atom stereocenters. The van der Waals surface area contributed by atoms with Gasteiger partial charge in [0.25, 0.3) is 0 Å². The van der Waals surface area contributed by atoms with Crippen LogP contribution >= 0.6 is 0 Å². The average molecular weight is 411 g/mol. The van der Waals surface area contributed by atoms with Crippen molar-refractivity contribution in [1.29, 1.82) is 0 Å². The lowest BCUT2D eigenvalue weighted by Crippen LogP contribution is -2.47. The van der Waals surface area contributed by atoms with Gasteiger partial charge in [0, 0.05) is 24.7 Å². The monoisotopic (exact) mass is 410 g/mol. The smallest absolute Gasteiger partial charge is 0.244 e. The molecule has 0 aromatic heterocycles. The van der Waals surface area contributed by atoms with Crippen molar-refractivity contribution >= 4 is 5.91 Å². The van der Waals surface area contributed by atoms with E-state index in [-0.39, 0.29) is 18.0 Å². The highest BCUT2D eigenvalue weighted by molar-refractivity contribution is 5.83. The van der Waals surface area contributed by atoms with E-state index in [1.807, 2.05) is 41.3 Å². The van der Waals surface area contributed by atoms with Crippen molar-refractivity contribution in [3.8, 4) is 11.5 Å². The number of benzene rings is 2. The van der Waals surface area contributed by atoms with E-state index in [4.69, 9.17) is 14.2 Å². The summed E-state index contributed by atoms with van der Waals surface area (Å²) in [4.78, 5) is 18.0. The van der Waals surface area contributed by atoms with Gasteiger partial charge in [-0.15, -0.1) is 0 Å². The maximum atomic E-state index is 13.7. The Morgan fingerprint density at radius 2 is 1.80 bits per heavy atom. The summed E-state index contributed by atoms with van der Waals surface area (Å²) in [5.41, 5.74) is 2.10. The first-order valence-corrected chi connectivity index (χ1v) is 10.6. The summed E-state index contributed by atoms with van der Waals surface area (Å²) < 4.78 is 16.6. The first-order chi connectivity index (χ1) is 14.7. The fourth-order valence-electron chi connectivity index (χ4n) is 4.60. The highest BCUT2D eigenvalue weighted by Crippen LogP contribution is 2.43. The van der Waals surface area contributed by atoms with Crippen LogP contribution in [0, 0.1) is 0 Å². The molecule has 0 bridgehead atoms. The molecule has 2 fully saturated rings. The number of methoxy groups -OCH3 is 2. The molecule has 2 heterocycles. The number of carbonyl (C=O) groups excluding carboxylic acids is 1. The van der Waals surface area contributed by atoms with Gasteiger partial charge < -0.3 is 19.1 Å². The van der Waals surface area contributed by atoms with E-state index in [0.717, 1.165) is 42.0 Å². The van der Waals surface area contributed by atoms with Gasteiger partial charge in [-0.2, -0.15) is 0 Å². The normalized spacial score (nSPS) is 20.7. The lowest BCUT2D eigenvalue weighted by atomic mass is 9.98. The van der Waals surface area contributed by atoms with Gasteiger partial charge in [-0.3, -0.25) is 9.69 Å². The van der Waals surface area contributed by atoms with Gasteiger partial charge in [0.05, 0.1) is 27.4 Å². The van der Waals surface area contributed by atoms with Crippen LogP contribution in [0.2, 0.25) is 0 Å². The SMILES string of the molecule is COc1ccc(OC)c(C2CCCN2C(C(=O)N2CCOCC2)c2ccccc2)c1. The molecule has 6 nitrogen and oxygen atoms in total. The first kappa shape index (κ1) is 20.7. The maximum Gasteiger partial charge on any atom is 0.244 e.